The lowest BCUT2D eigenvalue weighted by Crippen LogP contribution is -2.37. The Bertz CT molecular complexity index is 534. The summed E-state index contributed by atoms with van der Waals surface area (Å²) in [7, 11) is 0. The molecule has 7 heteroatoms. The molecule has 3 N–H and O–H groups in total. The van der Waals surface area contributed by atoms with Crippen LogP contribution in [-0.2, 0) is 6.54 Å². The van der Waals surface area contributed by atoms with Crippen molar-refractivity contribution >= 4 is 5.96 Å². The highest BCUT2D eigenvalue weighted by Crippen LogP contribution is 2.33. The minimum absolute atomic E-state index is 0.0138. The van der Waals surface area contributed by atoms with Crippen molar-refractivity contribution < 1.29 is 18.3 Å². The zero-order valence-electron chi connectivity index (χ0n) is 13.2. The lowest BCUT2D eigenvalue weighted by molar-refractivity contribution is -0.0520. The first-order valence-electron chi connectivity index (χ1n) is 7.83. The molecular weight excluding hydrogens is 304 g/mol. The van der Waals surface area contributed by atoms with E-state index >= 15 is 0 Å². The van der Waals surface area contributed by atoms with Gasteiger partial charge in [0.05, 0.1) is 13.2 Å². The van der Waals surface area contributed by atoms with Gasteiger partial charge >= 0.3 is 6.61 Å². The molecule has 5 nitrogen and oxygen atoms in total. The van der Waals surface area contributed by atoms with Gasteiger partial charge in [0.2, 0.25) is 0 Å². The number of rotatable bonds is 8. The third-order valence-corrected chi connectivity index (χ3v) is 3.78. The molecule has 0 radical (unpaired) electrons. The number of ether oxygens (including phenoxy) is 2. The first kappa shape index (κ1) is 17.3. The number of alkyl halides is 2. The number of hydrogen-bond donors (Lipinski definition) is 2. The molecule has 23 heavy (non-hydrogen) atoms. The van der Waals surface area contributed by atoms with Crippen molar-refractivity contribution in [1.29, 1.82) is 0 Å². The van der Waals surface area contributed by atoms with E-state index in [1.54, 1.807) is 25.1 Å². The molecule has 0 bridgehead atoms. The summed E-state index contributed by atoms with van der Waals surface area (Å²) in [6.45, 7) is 0.159. The van der Waals surface area contributed by atoms with Crippen molar-refractivity contribution in [3.05, 3.63) is 23.8 Å². The molecule has 1 aliphatic carbocycles. The first-order chi connectivity index (χ1) is 11.1. The summed E-state index contributed by atoms with van der Waals surface area (Å²) in [5.41, 5.74) is 6.32. The average molecular weight is 327 g/mol. The highest BCUT2D eigenvalue weighted by atomic mass is 19.3. The molecule has 0 heterocycles. The van der Waals surface area contributed by atoms with Gasteiger partial charge in [-0.25, -0.2) is 4.99 Å². The highest BCUT2D eigenvalue weighted by molar-refractivity contribution is 5.77. The van der Waals surface area contributed by atoms with Gasteiger partial charge in [-0.05, 0) is 31.7 Å². The predicted molar refractivity (Wildman–Crippen MR) is 84.9 cm³/mol. The smallest absolute Gasteiger partial charge is 0.387 e. The quantitative estimate of drug-likeness (QED) is 0.569. The van der Waals surface area contributed by atoms with Crippen molar-refractivity contribution in [3.63, 3.8) is 0 Å². The van der Waals surface area contributed by atoms with Crippen molar-refractivity contribution in [2.24, 2.45) is 16.6 Å². The largest absolute Gasteiger partial charge is 0.490 e. The lowest BCUT2D eigenvalue weighted by atomic mass is 9.85. The second-order valence-electron chi connectivity index (χ2n) is 5.44. The number of guanidine groups is 1. The second-order valence-corrected chi connectivity index (χ2v) is 5.44. The Morgan fingerprint density at radius 1 is 1.43 bits per heavy atom. The third-order valence-electron chi connectivity index (χ3n) is 3.78. The van der Waals surface area contributed by atoms with Crippen LogP contribution in [0.1, 0.15) is 31.7 Å². The predicted octanol–water partition coefficient (Wildman–Crippen LogP) is 2.89. The van der Waals surface area contributed by atoms with Crippen LogP contribution >= 0.6 is 0 Å². The topological polar surface area (TPSA) is 68.9 Å². The number of hydrogen-bond acceptors (Lipinski definition) is 3. The summed E-state index contributed by atoms with van der Waals surface area (Å²) in [6.07, 6.45) is 3.69. The molecule has 0 spiro atoms. The Kier molecular flexibility index (Phi) is 6.43. The number of para-hydroxylation sites is 1. The molecule has 0 aromatic heterocycles. The fourth-order valence-corrected chi connectivity index (χ4v) is 2.35. The van der Waals surface area contributed by atoms with Crippen molar-refractivity contribution in [2.75, 3.05) is 13.2 Å². The maximum absolute atomic E-state index is 12.6. The molecule has 0 unspecified atom stereocenters. The zero-order valence-corrected chi connectivity index (χ0v) is 13.2. The number of aliphatic imine (C=N–C) groups is 1. The highest BCUT2D eigenvalue weighted by Gasteiger charge is 2.17. The normalized spacial score (nSPS) is 15.4. The molecule has 1 saturated carbocycles. The molecular formula is C16H23F2N3O2. The van der Waals surface area contributed by atoms with Crippen LogP contribution in [0.5, 0.6) is 11.5 Å². The van der Waals surface area contributed by atoms with Crippen molar-refractivity contribution in [1.82, 2.24) is 5.32 Å². The number of halogens is 2. The molecule has 0 saturated heterocycles. The fraction of sp³-hybridized carbons (Fsp3) is 0.562. The molecule has 0 amide bonds. The lowest BCUT2D eigenvalue weighted by Gasteiger charge is -2.25. The van der Waals surface area contributed by atoms with Crippen molar-refractivity contribution in [3.8, 4) is 11.5 Å². The average Bonchev–Trinajstić information content (AvgIpc) is 2.45. The Balaban J connectivity index is 2.02. The summed E-state index contributed by atoms with van der Waals surface area (Å²) >= 11 is 0. The van der Waals surface area contributed by atoms with E-state index in [0.29, 0.717) is 24.0 Å². The van der Waals surface area contributed by atoms with E-state index < -0.39 is 6.61 Å². The van der Waals surface area contributed by atoms with E-state index in [9.17, 15) is 8.78 Å². The van der Waals surface area contributed by atoms with E-state index in [0.717, 1.165) is 6.54 Å². The minimum atomic E-state index is -2.92. The molecule has 128 valence electrons. The Labute approximate surface area is 134 Å². The van der Waals surface area contributed by atoms with E-state index in [1.165, 1.54) is 19.3 Å². The van der Waals surface area contributed by atoms with Gasteiger partial charge in [-0.1, -0.05) is 18.6 Å². The summed E-state index contributed by atoms with van der Waals surface area (Å²) in [6, 6.07) is 4.97. The van der Waals surface area contributed by atoms with Crippen LogP contribution in [0.2, 0.25) is 0 Å². The Hall–Kier alpha value is -2.05. The fourth-order valence-electron chi connectivity index (χ4n) is 2.35. The van der Waals surface area contributed by atoms with E-state index in [2.05, 4.69) is 15.0 Å². The van der Waals surface area contributed by atoms with E-state index in [-0.39, 0.29) is 18.0 Å². The number of benzene rings is 1. The minimum Gasteiger partial charge on any atom is -0.490 e. The van der Waals surface area contributed by atoms with Crippen LogP contribution in [0, 0.1) is 5.92 Å². The molecule has 2 rings (SSSR count). The Morgan fingerprint density at radius 3 is 2.83 bits per heavy atom. The van der Waals surface area contributed by atoms with Gasteiger partial charge < -0.3 is 20.5 Å². The maximum Gasteiger partial charge on any atom is 0.387 e. The van der Waals surface area contributed by atoms with E-state index in [1.807, 2.05) is 0 Å². The number of nitrogens with two attached hydrogens (primary N) is 1. The summed E-state index contributed by atoms with van der Waals surface area (Å²) in [5, 5.41) is 3.06. The van der Waals surface area contributed by atoms with Gasteiger partial charge in [-0.3, -0.25) is 0 Å². The van der Waals surface area contributed by atoms with Crippen molar-refractivity contribution in [2.45, 2.75) is 39.3 Å². The van der Waals surface area contributed by atoms with Gasteiger partial charge in [0.25, 0.3) is 0 Å². The monoisotopic (exact) mass is 327 g/mol. The van der Waals surface area contributed by atoms with Gasteiger partial charge in [-0.15, -0.1) is 0 Å². The second kappa shape index (κ2) is 8.55. The van der Waals surface area contributed by atoms with Gasteiger partial charge in [-0.2, -0.15) is 8.78 Å². The van der Waals surface area contributed by atoms with Gasteiger partial charge in [0.15, 0.2) is 17.5 Å². The molecule has 0 aliphatic heterocycles. The van der Waals surface area contributed by atoms with Crippen LogP contribution in [-0.4, -0.2) is 25.7 Å². The zero-order chi connectivity index (χ0) is 16.7. The molecule has 1 fully saturated rings. The summed E-state index contributed by atoms with van der Waals surface area (Å²) in [5.74, 6) is 1.26. The number of nitrogens with one attached hydrogen (secondary N) is 1. The van der Waals surface area contributed by atoms with Crippen LogP contribution in [0.4, 0.5) is 8.78 Å². The molecule has 1 aliphatic rings. The van der Waals surface area contributed by atoms with Crippen LogP contribution in [0.3, 0.4) is 0 Å². The van der Waals surface area contributed by atoms with Gasteiger partial charge in [0.1, 0.15) is 0 Å². The van der Waals surface area contributed by atoms with Crippen LogP contribution < -0.4 is 20.5 Å². The summed E-state index contributed by atoms with van der Waals surface area (Å²) < 4.78 is 35.2. The third kappa shape index (κ3) is 5.26. The number of nitrogens with zero attached hydrogens (tertiary/aromatic N) is 1. The molecule has 0 atom stereocenters. The van der Waals surface area contributed by atoms with Gasteiger partial charge in [0, 0.05) is 12.1 Å². The molecule has 1 aromatic carbocycles. The standard InChI is InChI=1S/C16H23F2N3O2/c1-2-22-13-8-4-7-12(14(13)23-15(17)18)10-21-16(19)20-9-11-5-3-6-11/h4,7-8,11,15H,2-3,5-6,9-10H2,1H3,(H3,19,20,21). The summed E-state index contributed by atoms with van der Waals surface area (Å²) in [4.78, 5) is 4.20. The first-order valence-corrected chi connectivity index (χ1v) is 7.83. The van der Waals surface area contributed by atoms with E-state index in [4.69, 9.17) is 10.5 Å². The van der Waals surface area contributed by atoms with Crippen LogP contribution in [0.15, 0.2) is 23.2 Å². The Morgan fingerprint density at radius 2 is 2.22 bits per heavy atom. The maximum atomic E-state index is 12.6. The SMILES string of the molecule is CCOc1cccc(CN=C(N)NCC2CCC2)c1OC(F)F. The molecule has 1 aromatic rings. The van der Waals surface area contributed by atoms with Crippen LogP contribution in [0.25, 0.3) is 0 Å².